The van der Waals surface area contributed by atoms with Crippen LogP contribution in [-0.2, 0) is 6.42 Å². The quantitative estimate of drug-likeness (QED) is 0.600. The fourth-order valence-electron chi connectivity index (χ4n) is 1.76. The lowest BCUT2D eigenvalue weighted by Crippen LogP contribution is -2.00. The highest BCUT2D eigenvalue weighted by Crippen LogP contribution is 2.03. The average Bonchev–Trinajstić information content (AvgIpc) is 2.46. The molecular formula is C16H31N3. The molecule has 110 valence electrons. The highest BCUT2D eigenvalue weighted by atomic mass is 14.5. The van der Waals surface area contributed by atoms with Gasteiger partial charge in [0.2, 0.25) is 0 Å². The summed E-state index contributed by atoms with van der Waals surface area (Å²) in [5.41, 5.74) is 17.4. The monoisotopic (exact) mass is 265 g/mol. The Kier molecular flexibility index (Phi) is 14.4. The average molecular weight is 265 g/mol. The molecule has 3 heteroatoms. The van der Waals surface area contributed by atoms with Crippen molar-refractivity contribution in [1.29, 1.82) is 0 Å². The molecule has 0 saturated heterocycles. The van der Waals surface area contributed by atoms with Gasteiger partial charge in [-0.3, -0.25) is 0 Å². The number of hydrogen-bond acceptors (Lipinski definition) is 3. The van der Waals surface area contributed by atoms with Gasteiger partial charge in [0, 0.05) is 0 Å². The number of rotatable bonds is 9. The summed E-state index contributed by atoms with van der Waals surface area (Å²) < 4.78 is 0. The van der Waals surface area contributed by atoms with Gasteiger partial charge in [-0.25, -0.2) is 0 Å². The second-order valence-electron chi connectivity index (χ2n) is 4.72. The first-order chi connectivity index (χ1) is 9.35. The molecule has 0 heterocycles. The smallest absolute Gasteiger partial charge is 0.00772 e. The largest absolute Gasteiger partial charge is 0.330 e. The lowest BCUT2D eigenvalue weighted by Gasteiger charge is -1.98. The molecule has 0 aliphatic heterocycles. The molecule has 0 spiro atoms. The third-order valence-electron chi connectivity index (χ3n) is 2.92. The minimum Gasteiger partial charge on any atom is -0.330 e. The van der Waals surface area contributed by atoms with E-state index in [9.17, 15) is 0 Å². The van der Waals surface area contributed by atoms with Crippen LogP contribution in [0.25, 0.3) is 0 Å². The standard InChI is InChI=1S/C10H15N.C6H16N2/c11-9-5-4-8-10-6-2-1-3-7-10;7-5-3-1-2-4-6-8/h1-3,6-7H,4-5,8-9,11H2;1-8H2. The molecule has 0 saturated carbocycles. The van der Waals surface area contributed by atoms with Crippen LogP contribution < -0.4 is 17.2 Å². The van der Waals surface area contributed by atoms with Crippen LogP contribution in [0.4, 0.5) is 0 Å². The van der Waals surface area contributed by atoms with Crippen LogP contribution in [-0.4, -0.2) is 19.6 Å². The van der Waals surface area contributed by atoms with Crippen LogP contribution in [0.1, 0.15) is 44.1 Å². The van der Waals surface area contributed by atoms with Crippen molar-refractivity contribution in [3.05, 3.63) is 35.9 Å². The molecule has 0 radical (unpaired) electrons. The maximum Gasteiger partial charge on any atom is -0.00772 e. The zero-order chi connectivity index (χ0) is 14.2. The summed E-state index contributed by atoms with van der Waals surface area (Å²) in [6.45, 7) is 2.46. The topological polar surface area (TPSA) is 78.1 Å². The van der Waals surface area contributed by atoms with Crippen molar-refractivity contribution >= 4 is 0 Å². The number of unbranched alkanes of at least 4 members (excludes halogenated alkanes) is 4. The zero-order valence-electron chi connectivity index (χ0n) is 12.2. The minimum atomic E-state index is 0.812. The van der Waals surface area contributed by atoms with E-state index in [1.165, 1.54) is 24.8 Å². The van der Waals surface area contributed by atoms with Crippen molar-refractivity contribution < 1.29 is 0 Å². The van der Waals surface area contributed by atoms with Crippen molar-refractivity contribution in [2.75, 3.05) is 19.6 Å². The summed E-state index contributed by atoms with van der Waals surface area (Å²) in [5, 5.41) is 0. The van der Waals surface area contributed by atoms with Gasteiger partial charge in [0.1, 0.15) is 0 Å². The van der Waals surface area contributed by atoms with E-state index >= 15 is 0 Å². The van der Waals surface area contributed by atoms with Crippen LogP contribution in [0.2, 0.25) is 0 Å². The predicted molar refractivity (Wildman–Crippen MR) is 85.0 cm³/mol. The number of aryl methyl sites for hydroxylation is 1. The van der Waals surface area contributed by atoms with Crippen molar-refractivity contribution in [3.8, 4) is 0 Å². The van der Waals surface area contributed by atoms with E-state index in [-0.39, 0.29) is 0 Å². The van der Waals surface area contributed by atoms with Crippen LogP contribution >= 0.6 is 0 Å². The van der Waals surface area contributed by atoms with Crippen molar-refractivity contribution in [2.45, 2.75) is 44.9 Å². The van der Waals surface area contributed by atoms with Crippen LogP contribution in [0.5, 0.6) is 0 Å². The molecule has 0 aliphatic carbocycles. The fraction of sp³-hybridized carbons (Fsp3) is 0.625. The Hall–Kier alpha value is -0.900. The lowest BCUT2D eigenvalue weighted by molar-refractivity contribution is 0.653. The fourth-order valence-corrected chi connectivity index (χ4v) is 1.76. The lowest BCUT2D eigenvalue weighted by atomic mass is 10.1. The van der Waals surface area contributed by atoms with Crippen LogP contribution in [0.3, 0.4) is 0 Å². The van der Waals surface area contributed by atoms with Crippen molar-refractivity contribution in [1.82, 2.24) is 0 Å². The summed E-state index contributed by atoms with van der Waals surface area (Å²) >= 11 is 0. The van der Waals surface area contributed by atoms with Gasteiger partial charge in [-0.05, 0) is 57.3 Å². The predicted octanol–water partition coefficient (Wildman–Crippen LogP) is 2.43. The van der Waals surface area contributed by atoms with Crippen LogP contribution in [0.15, 0.2) is 30.3 Å². The molecule has 0 fully saturated rings. The highest BCUT2D eigenvalue weighted by molar-refractivity contribution is 5.14. The highest BCUT2D eigenvalue weighted by Gasteiger charge is 1.89. The van der Waals surface area contributed by atoms with Gasteiger partial charge in [-0.1, -0.05) is 43.2 Å². The van der Waals surface area contributed by atoms with Crippen molar-refractivity contribution in [2.24, 2.45) is 17.2 Å². The molecule has 0 aliphatic rings. The number of hydrogen-bond donors (Lipinski definition) is 3. The van der Waals surface area contributed by atoms with E-state index in [4.69, 9.17) is 17.2 Å². The van der Waals surface area contributed by atoms with Gasteiger partial charge in [0.25, 0.3) is 0 Å². The third kappa shape index (κ3) is 13.3. The summed E-state index contributed by atoms with van der Waals surface area (Å²) in [7, 11) is 0. The van der Waals surface area contributed by atoms with E-state index in [1.54, 1.807) is 0 Å². The Morgan fingerprint density at radius 1 is 0.579 bits per heavy atom. The molecule has 1 aromatic carbocycles. The molecular weight excluding hydrogens is 234 g/mol. The summed E-state index contributed by atoms with van der Waals surface area (Å²) in [6.07, 6.45) is 8.30. The molecule has 0 bridgehead atoms. The molecule has 0 amide bonds. The van der Waals surface area contributed by atoms with E-state index < -0.39 is 0 Å². The molecule has 0 atom stereocenters. The summed E-state index contributed by atoms with van der Waals surface area (Å²) in [6, 6.07) is 10.5. The molecule has 1 aromatic rings. The maximum absolute atomic E-state index is 5.39. The van der Waals surface area contributed by atoms with E-state index in [1.807, 2.05) is 6.07 Å². The second kappa shape index (κ2) is 15.2. The Morgan fingerprint density at radius 2 is 1.05 bits per heavy atom. The summed E-state index contributed by atoms with van der Waals surface area (Å²) in [4.78, 5) is 0. The Balaban J connectivity index is 0.000000362. The van der Waals surface area contributed by atoms with Gasteiger partial charge in [-0.15, -0.1) is 0 Å². The van der Waals surface area contributed by atoms with E-state index in [2.05, 4.69) is 24.3 Å². The summed E-state index contributed by atoms with van der Waals surface area (Å²) in [5.74, 6) is 0. The van der Waals surface area contributed by atoms with Gasteiger partial charge >= 0.3 is 0 Å². The van der Waals surface area contributed by atoms with Gasteiger partial charge in [0.05, 0.1) is 0 Å². The Bertz CT molecular complexity index is 256. The van der Waals surface area contributed by atoms with Gasteiger partial charge < -0.3 is 17.2 Å². The molecule has 1 rings (SSSR count). The molecule has 19 heavy (non-hydrogen) atoms. The maximum atomic E-state index is 5.39. The third-order valence-corrected chi connectivity index (χ3v) is 2.92. The first-order valence-electron chi connectivity index (χ1n) is 7.49. The number of benzene rings is 1. The Labute approximate surface area is 118 Å². The first-order valence-corrected chi connectivity index (χ1v) is 7.49. The minimum absolute atomic E-state index is 0.812. The van der Waals surface area contributed by atoms with Gasteiger partial charge in [-0.2, -0.15) is 0 Å². The molecule has 0 aromatic heterocycles. The van der Waals surface area contributed by atoms with E-state index in [0.717, 1.165) is 45.3 Å². The van der Waals surface area contributed by atoms with E-state index in [0.29, 0.717) is 0 Å². The SMILES string of the molecule is NCCCCCCN.NCCCCc1ccccc1. The molecule has 3 nitrogen and oxygen atoms in total. The number of nitrogens with two attached hydrogens (primary N) is 3. The molecule has 6 N–H and O–H groups in total. The molecule has 0 unspecified atom stereocenters. The van der Waals surface area contributed by atoms with Gasteiger partial charge in [0.15, 0.2) is 0 Å². The van der Waals surface area contributed by atoms with Crippen LogP contribution in [0, 0.1) is 0 Å². The normalized spacial score (nSPS) is 9.84. The van der Waals surface area contributed by atoms with Crippen molar-refractivity contribution in [3.63, 3.8) is 0 Å². The first kappa shape index (κ1) is 18.1. The zero-order valence-corrected chi connectivity index (χ0v) is 12.2. The second-order valence-corrected chi connectivity index (χ2v) is 4.72. The Morgan fingerprint density at radius 3 is 1.53 bits per heavy atom.